The van der Waals surface area contributed by atoms with Crippen molar-refractivity contribution in [3.63, 3.8) is 0 Å². The van der Waals surface area contributed by atoms with E-state index in [9.17, 15) is 11.0 Å². The quantitative estimate of drug-likeness (QED) is 0.159. The van der Waals surface area contributed by atoms with E-state index in [2.05, 4.69) is 174 Å². The third-order valence-electron chi connectivity index (χ3n) is 16.6. The molecule has 1 aromatic heterocycles. The van der Waals surface area contributed by atoms with Gasteiger partial charge in [0.15, 0.2) is 0 Å². The monoisotopic (exact) mass is 1040 g/mol. The Morgan fingerprint density at radius 2 is 1.01 bits per heavy atom. The van der Waals surface area contributed by atoms with Crippen molar-refractivity contribution in [2.45, 2.75) is 67.6 Å². The predicted molar refractivity (Wildman–Crippen MR) is 336 cm³/mol. The van der Waals surface area contributed by atoms with Gasteiger partial charge in [-0.15, -0.1) is 0 Å². The SMILES string of the molecule is [2H]c1c([2H])c([2H])c(-c2cc3c4c(c2)C2(c5ccccc5Sc5ccccc52)c2cc(-c5cccc(C(C)(C)C)c5)ccc2B4c2ccc(-n4c5c([2H])c([2H])c([2H])c([2H])c5c5c([2H])c([2H])c([2H])c([2H])c54)cc2N3c2ccc(C(C)(C)C)cc2-c2ccccc2)c([2H])c1[2H]. The average molecular weight is 1040 g/mol. The summed E-state index contributed by atoms with van der Waals surface area (Å²) in [4.78, 5) is 4.25. The molecule has 0 radical (unpaired) electrons. The summed E-state index contributed by atoms with van der Waals surface area (Å²) in [5, 5.41) is -0.0898. The molecular weight excluding hydrogens is 972 g/mol. The van der Waals surface area contributed by atoms with E-state index >= 15 is 0 Å². The fourth-order valence-electron chi connectivity index (χ4n) is 12.9. The molecule has 11 aromatic carbocycles. The summed E-state index contributed by atoms with van der Waals surface area (Å²) in [6, 6.07) is 52.9. The minimum Gasteiger partial charge on any atom is -0.311 e. The Balaban J connectivity index is 1.17. The number of hydrogen-bond acceptors (Lipinski definition) is 2. The zero-order valence-electron chi connectivity index (χ0n) is 57.5. The molecule has 0 saturated heterocycles. The summed E-state index contributed by atoms with van der Waals surface area (Å²) in [5.74, 6) is 0. The molecule has 0 amide bonds. The van der Waals surface area contributed by atoms with Crippen molar-refractivity contribution in [1.82, 2.24) is 4.57 Å². The second-order valence-corrected chi connectivity index (χ2v) is 24.2. The molecule has 3 aliphatic heterocycles. The highest BCUT2D eigenvalue weighted by Crippen LogP contribution is 2.59. The summed E-state index contributed by atoms with van der Waals surface area (Å²) in [5.41, 5.74) is 13.6. The maximum atomic E-state index is 9.79. The van der Waals surface area contributed by atoms with Gasteiger partial charge in [0.05, 0.1) is 40.0 Å². The molecule has 378 valence electrons. The molecule has 79 heavy (non-hydrogen) atoms. The van der Waals surface area contributed by atoms with Crippen LogP contribution in [0.25, 0.3) is 60.9 Å². The Hall–Kier alpha value is -8.57. The van der Waals surface area contributed by atoms with Gasteiger partial charge in [-0.2, -0.15) is 0 Å². The third-order valence-corrected chi connectivity index (χ3v) is 17.7. The zero-order chi connectivity index (χ0) is 64.7. The van der Waals surface area contributed by atoms with E-state index in [4.69, 9.17) is 6.85 Å². The number of hydrogen-bond donors (Lipinski definition) is 0. The summed E-state index contributed by atoms with van der Waals surface area (Å²) in [6.07, 6.45) is 0. The Morgan fingerprint density at radius 1 is 0.418 bits per heavy atom. The van der Waals surface area contributed by atoms with E-state index in [0.29, 0.717) is 22.6 Å². The van der Waals surface area contributed by atoms with Gasteiger partial charge in [-0.25, -0.2) is 0 Å². The molecule has 0 bridgehead atoms. The maximum Gasteiger partial charge on any atom is 0.247 e. The third kappa shape index (κ3) is 7.27. The minimum atomic E-state index is -1.13. The highest BCUT2D eigenvalue weighted by Gasteiger charge is 2.54. The van der Waals surface area contributed by atoms with Crippen molar-refractivity contribution in [3.8, 4) is 39.1 Å². The molecule has 12 aromatic rings. The van der Waals surface area contributed by atoms with Crippen LogP contribution < -0.4 is 21.3 Å². The van der Waals surface area contributed by atoms with Gasteiger partial charge >= 0.3 is 0 Å². The van der Waals surface area contributed by atoms with E-state index in [0.717, 1.165) is 81.9 Å². The van der Waals surface area contributed by atoms with Crippen LogP contribution in [-0.4, -0.2) is 11.3 Å². The molecule has 15 rings (SSSR count). The Kier molecular flexibility index (Phi) is 8.03. The molecule has 3 aliphatic rings. The normalized spacial score (nSPS) is 16.3. The van der Waals surface area contributed by atoms with Crippen molar-refractivity contribution in [2.24, 2.45) is 0 Å². The minimum absolute atomic E-state index is 0.0199. The van der Waals surface area contributed by atoms with Gasteiger partial charge in [0.25, 0.3) is 0 Å². The van der Waals surface area contributed by atoms with Gasteiger partial charge in [0, 0.05) is 43.2 Å². The molecule has 0 N–H and O–H groups in total. The van der Waals surface area contributed by atoms with E-state index in [1.807, 2.05) is 42.5 Å². The topological polar surface area (TPSA) is 8.17 Å². The number of nitrogens with zero attached hydrogens (tertiary/aromatic N) is 2. The Labute approximate surface area is 487 Å². The predicted octanol–water partition coefficient (Wildman–Crippen LogP) is 17.8. The first-order valence-electron chi connectivity index (χ1n) is 33.4. The second kappa shape index (κ2) is 17.7. The standard InChI is InChI=1S/C75H59BN2S/c1-73(2,3)53-27-21-26-50(42-53)51-36-39-63-61(43-51)75(59-30-15-19-34-70(59)79-71-35-20-16-31-60(71)75)62-44-52(48-22-9-7-10-23-48)45-69-72(62)76(63)64-40-38-55(77-65-32-17-13-28-56(65)57-29-14-18-33-66(57)77)47-68(64)78(69)67-41-37-54(74(4,5)6)46-58(67)49-24-11-8-12-25-49/h7-47H,1-6H3/i7D,9D,10D,13D,14D,17D,18D,22D,23D,28D,29D,32D,33D. The van der Waals surface area contributed by atoms with Crippen molar-refractivity contribution < 1.29 is 17.8 Å². The first-order valence-corrected chi connectivity index (χ1v) is 27.7. The van der Waals surface area contributed by atoms with Gasteiger partial charge in [-0.3, -0.25) is 0 Å². The largest absolute Gasteiger partial charge is 0.311 e. The lowest BCUT2D eigenvalue weighted by Gasteiger charge is -2.51. The summed E-state index contributed by atoms with van der Waals surface area (Å²) < 4.78 is 122. The molecule has 0 fully saturated rings. The maximum absolute atomic E-state index is 9.79. The van der Waals surface area contributed by atoms with Crippen LogP contribution in [0, 0.1) is 0 Å². The molecule has 2 nitrogen and oxygen atoms in total. The van der Waals surface area contributed by atoms with Crippen LogP contribution in [0.15, 0.2) is 258 Å². The Bertz CT molecular complexity index is 5090. The van der Waals surface area contributed by atoms with Crippen LogP contribution in [0.2, 0.25) is 0 Å². The first kappa shape index (κ1) is 35.8. The van der Waals surface area contributed by atoms with E-state index in [-0.39, 0.29) is 50.3 Å². The van der Waals surface area contributed by atoms with Gasteiger partial charge < -0.3 is 9.47 Å². The molecule has 0 aliphatic carbocycles. The number of para-hydroxylation sites is 2. The summed E-state index contributed by atoms with van der Waals surface area (Å²) in [6.45, 7) is 12.5. The average Bonchev–Trinajstić information content (AvgIpc) is 0.942. The lowest BCUT2D eigenvalue weighted by molar-refractivity contribution is 0.590. The van der Waals surface area contributed by atoms with Crippen LogP contribution in [0.1, 0.15) is 92.7 Å². The van der Waals surface area contributed by atoms with E-state index in [1.54, 1.807) is 16.3 Å². The molecule has 4 heterocycles. The smallest absolute Gasteiger partial charge is 0.247 e. The van der Waals surface area contributed by atoms with Crippen LogP contribution in [-0.2, 0) is 16.2 Å². The lowest BCUT2D eigenvalue weighted by Crippen LogP contribution is -2.65. The lowest BCUT2D eigenvalue weighted by atomic mass is 9.29. The Morgan fingerprint density at radius 3 is 1.71 bits per heavy atom. The van der Waals surface area contributed by atoms with Crippen LogP contribution in [0.4, 0.5) is 17.1 Å². The van der Waals surface area contributed by atoms with Crippen molar-refractivity contribution >= 4 is 73.7 Å². The van der Waals surface area contributed by atoms with Crippen molar-refractivity contribution in [1.29, 1.82) is 0 Å². The van der Waals surface area contributed by atoms with Gasteiger partial charge in [0.1, 0.15) is 0 Å². The molecule has 0 atom stereocenters. The van der Waals surface area contributed by atoms with Gasteiger partial charge in [-0.05, 0) is 144 Å². The van der Waals surface area contributed by atoms with E-state index in [1.165, 1.54) is 5.56 Å². The number of anilines is 3. The summed E-state index contributed by atoms with van der Waals surface area (Å²) >= 11 is 1.70. The number of aromatic nitrogens is 1. The molecule has 4 heteroatoms. The molecule has 1 spiro atoms. The van der Waals surface area contributed by atoms with Crippen molar-refractivity contribution in [2.75, 3.05) is 4.90 Å². The molecule has 0 saturated carbocycles. The van der Waals surface area contributed by atoms with Crippen molar-refractivity contribution in [3.05, 3.63) is 282 Å². The van der Waals surface area contributed by atoms with Crippen LogP contribution in [0.5, 0.6) is 0 Å². The van der Waals surface area contributed by atoms with Gasteiger partial charge in [0.2, 0.25) is 6.71 Å². The number of benzene rings is 11. The highest BCUT2D eigenvalue weighted by atomic mass is 32.2. The number of fused-ring (bicyclic) bond motifs is 13. The van der Waals surface area contributed by atoms with Gasteiger partial charge in [-0.1, -0.05) is 247 Å². The first-order chi connectivity index (χ1) is 43.8. The van der Waals surface area contributed by atoms with Crippen LogP contribution >= 0.6 is 11.8 Å². The summed E-state index contributed by atoms with van der Waals surface area (Å²) in [7, 11) is 0. The number of rotatable bonds is 5. The van der Waals surface area contributed by atoms with E-state index < -0.39 is 78.6 Å². The highest BCUT2D eigenvalue weighted by molar-refractivity contribution is 7.99. The zero-order valence-corrected chi connectivity index (χ0v) is 45.4. The molecule has 0 unspecified atom stereocenters. The second-order valence-electron chi connectivity index (χ2n) is 23.1. The fourth-order valence-corrected chi connectivity index (χ4v) is 14.1. The van der Waals surface area contributed by atoms with Crippen LogP contribution in [0.3, 0.4) is 0 Å². The molecular formula is C75H59BN2S. The fraction of sp³-hybridized carbons (Fsp3) is 0.120.